The summed E-state index contributed by atoms with van der Waals surface area (Å²) in [6, 6.07) is 5.11. The van der Waals surface area contributed by atoms with Gasteiger partial charge in [0.2, 0.25) is 0 Å². The Morgan fingerprint density at radius 3 is 2.33 bits per heavy atom. The zero-order valence-electron chi connectivity index (χ0n) is 11.2. The van der Waals surface area contributed by atoms with Gasteiger partial charge < -0.3 is 10.5 Å². The fraction of sp³-hybridized carbons (Fsp3) is 0.200. The molecule has 0 aliphatic carbocycles. The van der Waals surface area contributed by atoms with Crippen molar-refractivity contribution in [2.75, 3.05) is 7.11 Å². The molecule has 0 fully saturated rings. The Bertz CT molecular complexity index is 640. The van der Waals surface area contributed by atoms with E-state index in [1.165, 1.54) is 7.11 Å². The molecule has 1 unspecified atom stereocenters. The van der Waals surface area contributed by atoms with E-state index in [1.54, 1.807) is 18.2 Å². The van der Waals surface area contributed by atoms with Crippen molar-refractivity contribution < 1.29 is 17.9 Å². The summed E-state index contributed by atoms with van der Waals surface area (Å²) < 4.78 is 45.5. The average molecular weight is 316 g/mol. The third-order valence-corrected chi connectivity index (χ3v) is 3.33. The van der Waals surface area contributed by atoms with E-state index in [4.69, 9.17) is 22.1 Å². The smallest absolute Gasteiger partial charge is 0.133 e. The minimum Gasteiger partial charge on any atom is -0.496 e. The molecule has 0 amide bonds. The number of rotatable bonds is 4. The molecule has 0 saturated carbocycles. The molecule has 0 radical (unpaired) electrons. The van der Waals surface area contributed by atoms with Crippen LogP contribution in [0.5, 0.6) is 5.75 Å². The number of halogens is 4. The second-order valence-electron chi connectivity index (χ2n) is 4.55. The van der Waals surface area contributed by atoms with Crippen molar-refractivity contribution in [3.8, 4) is 5.75 Å². The Kier molecular flexibility index (Phi) is 4.75. The van der Waals surface area contributed by atoms with Crippen LogP contribution in [0, 0.1) is 17.5 Å². The van der Waals surface area contributed by atoms with E-state index >= 15 is 0 Å². The Balaban J connectivity index is 2.34. The predicted molar refractivity (Wildman–Crippen MR) is 75.0 cm³/mol. The van der Waals surface area contributed by atoms with Crippen molar-refractivity contribution in [2.45, 2.75) is 12.5 Å². The van der Waals surface area contributed by atoms with Crippen LogP contribution >= 0.6 is 11.6 Å². The Hall–Kier alpha value is -1.72. The Labute approximate surface area is 125 Å². The fourth-order valence-corrected chi connectivity index (χ4v) is 2.35. The van der Waals surface area contributed by atoms with E-state index in [1.807, 2.05) is 0 Å². The van der Waals surface area contributed by atoms with Crippen LogP contribution in [-0.2, 0) is 6.42 Å². The lowest BCUT2D eigenvalue weighted by Gasteiger charge is -2.16. The second kappa shape index (κ2) is 6.37. The highest BCUT2D eigenvalue weighted by atomic mass is 35.5. The van der Waals surface area contributed by atoms with Crippen molar-refractivity contribution >= 4 is 11.6 Å². The molecular formula is C15H13ClF3NO. The molecule has 0 spiro atoms. The molecule has 0 aromatic heterocycles. The number of benzene rings is 2. The average Bonchev–Trinajstić information content (AvgIpc) is 2.37. The van der Waals surface area contributed by atoms with E-state index in [9.17, 15) is 13.2 Å². The highest BCUT2D eigenvalue weighted by molar-refractivity contribution is 6.30. The number of ether oxygens (including phenoxy) is 1. The van der Waals surface area contributed by atoms with Crippen LogP contribution in [-0.4, -0.2) is 7.11 Å². The van der Waals surface area contributed by atoms with Crippen LogP contribution in [0.4, 0.5) is 13.2 Å². The second-order valence-corrected chi connectivity index (χ2v) is 4.99. The molecule has 2 N–H and O–H groups in total. The Morgan fingerprint density at radius 2 is 1.76 bits per heavy atom. The molecular weight excluding hydrogens is 303 g/mol. The third-order valence-electron chi connectivity index (χ3n) is 3.10. The van der Waals surface area contributed by atoms with Crippen molar-refractivity contribution in [3.05, 3.63) is 63.9 Å². The molecule has 2 aromatic carbocycles. The van der Waals surface area contributed by atoms with Crippen LogP contribution in [0.1, 0.15) is 17.2 Å². The monoisotopic (exact) mass is 315 g/mol. The number of hydrogen-bond acceptors (Lipinski definition) is 2. The molecule has 6 heteroatoms. The van der Waals surface area contributed by atoms with Crippen molar-refractivity contribution in [2.24, 2.45) is 5.73 Å². The predicted octanol–water partition coefficient (Wildman–Crippen LogP) is 4.01. The maximum Gasteiger partial charge on any atom is 0.133 e. The largest absolute Gasteiger partial charge is 0.496 e. The van der Waals surface area contributed by atoms with Crippen LogP contribution < -0.4 is 10.5 Å². The lowest BCUT2D eigenvalue weighted by atomic mass is 9.98. The summed E-state index contributed by atoms with van der Waals surface area (Å²) in [6.07, 6.45) is 0.100. The quantitative estimate of drug-likeness (QED) is 0.925. The van der Waals surface area contributed by atoms with Gasteiger partial charge in [0.15, 0.2) is 0 Å². The zero-order valence-corrected chi connectivity index (χ0v) is 11.9. The van der Waals surface area contributed by atoms with E-state index in [0.29, 0.717) is 28.5 Å². The molecule has 2 aromatic rings. The van der Waals surface area contributed by atoms with Gasteiger partial charge in [-0.05, 0) is 30.2 Å². The maximum absolute atomic E-state index is 13.7. The summed E-state index contributed by atoms with van der Waals surface area (Å²) in [6.45, 7) is 0. The van der Waals surface area contributed by atoms with Gasteiger partial charge in [-0.2, -0.15) is 0 Å². The summed E-state index contributed by atoms with van der Waals surface area (Å²) in [7, 11) is 1.47. The van der Waals surface area contributed by atoms with Gasteiger partial charge in [0.1, 0.15) is 23.2 Å². The normalized spacial score (nSPS) is 12.3. The molecule has 0 aliphatic rings. The number of methoxy groups -OCH3 is 1. The van der Waals surface area contributed by atoms with Crippen LogP contribution in [0.25, 0.3) is 0 Å². The lowest BCUT2D eigenvalue weighted by molar-refractivity contribution is 0.407. The minimum absolute atomic E-state index is 0.100. The molecule has 0 bridgehead atoms. The molecule has 2 rings (SSSR count). The summed E-state index contributed by atoms with van der Waals surface area (Å²) >= 11 is 5.89. The molecule has 0 heterocycles. The fourth-order valence-electron chi connectivity index (χ4n) is 2.15. The topological polar surface area (TPSA) is 35.2 Å². The molecule has 2 nitrogen and oxygen atoms in total. The van der Waals surface area contributed by atoms with Gasteiger partial charge in [0, 0.05) is 28.8 Å². The highest BCUT2D eigenvalue weighted by Gasteiger charge is 2.20. The SMILES string of the molecule is COc1ccc(Cl)cc1CC(N)c1c(F)cc(F)cc1F. The lowest BCUT2D eigenvalue weighted by Crippen LogP contribution is -2.17. The number of nitrogens with two attached hydrogens (primary N) is 1. The summed E-state index contributed by atoms with van der Waals surface area (Å²) in [5.74, 6) is -2.50. The Morgan fingerprint density at radius 1 is 1.14 bits per heavy atom. The first-order chi connectivity index (χ1) is 9.92. The summed E-state index contributed by atoms with van der Waals surface area (Å²) in [5, 5.41) is 0.457. The summed E-state index contributed by atoms with van der Waals surface area (Å²) in [4.78, 5) is 0. The van der Waals surface area contributed by atoms with Crippen LogP contribution in [0.3, 0.4) is 0 Å². The van der Waals surface area contributed by atoms with Gasteiger partial charge in [-0.1, -0.05) is 11.6 Å². The van der Waals surface area contributed by atoms with Crippen LogP contribution in [0.15, 0.2) is 30.3 Å². The van der Waals surface area contributed by atoms with E-state index in [2.05, 4.69) is 0 Å². The molecule has 21 heavy (non-hydrogen) atoms. The van der Waals surface area contributed by atoms with Crippen molar-refractivity contribution in [3.63, 3.8) is 0 Å². The molecule has 0 aliphatic heterocycles. The van der Waals surface area contributed by atoms with Crippen LogP contribution in [0.2, 0.25) is 5.02 Å². The third kappa shape index (κ3) is 3.49. The first kappa shape index (κ1) is 15.7. The first-order valence-electron chi connectivity index (χ1n) is 6.14. The van der Waals surface area contributed by atoms with E-state index in [-0.39, 0.29) is 12.0 Å². The van der Waals surface area contributed by atoms with Gasteiger partial charge in [-0.3, -0.25) is 0 Å². The molecule has 112 valence electrons. The van der Waals surface area contributed by atoms with Gasteiger partial charge in [-0.15, -0.1) is 0 Å². The van der Waals surface area contributed by atoms with E-state index < -0.39 is 23.5 Å². The molecule has 1 atom stereocenters. The minimum atomic E-state index is -1.01. The maximum atomic E-state index is 13.7. The van der Waals surface area contributed by atoms with Crippen molar-refractivity contribution in [1.29, 1.82) is 0 Å². The number of hydrogen-bond donors (Lipinski definition) is 1. The van der Waals surface area contributed by atoms with Gasteiger partial charge in [0.25, 0.3) is 0 Å². The zero-order chi connectivity index (χ0) is 15.6. The van der Waals surface area contributed by atoms with Gasteiger partial charge in [0.05, 0.1) is 7.11 Å². The van der Waals surface area contributed by atoms with Crippen molar-refractivity contribution in [1.82, 2.24) is 0 Å². The standard InChI is InChI=1S/C15H13ClF3NO/c1-21-14-3-2-9(16)4-8(14)5-13(20)15-11(18)6-10(17)7-12(15)19/h2-4,6-7,13H,5,20H2,1H3. The summed E-state index contributed by atoms with van der Waals surface area (Å²) in [5.41, 5.74) is 6.10. The molecule has 0 saturated heterocycles. The van der Waals surface area contributed by atoms with Gasteiger partial charge >= 0.3 is 0 Å². The van der Waals surface area contributed by atoms with Gasteiger partial charge in [-0.25, -0.2) is 13.2 Å². The highest BCUT2D eigenvalue weighted by Crippen LogP contribution is 2.29. The first-order valence-corrected chi connectivity index (χ1v) is 6.52. The van der Waals surface area contributed by atoms with E-state index in [0.717, 1.165) is 0 Å².